The highest BCUT2D eigenvalue weighted by molar-refractivity contribution is 6.17. The van der Waals surface area contributed by atoms with Gasteiger partial charge >= 0.3 is 0 Å². The van der Waals surface area contributed by atoms with Crippen molar-refractivity contribution >= 4 is 17.5 Å². The number of rotatable bonds is 16. The van der Waals surface area contributed by atoms with Gasteiger partial charge in [0.1, 0.15) is 0 Å². The van der Waals surface area contributed by atoms with Crippen LogP contribution in [0.3, 0.4) is 0 Å². The van der Waals surface area contributed by atoms with Crippen LogP contribution >= 0.6 is 11.6 Å². The lowest BCUT2D eigenvalue weighted by Gasteiger charge is -2.57. The van der Waals surface area contributed by atoms with Crippen LogP contribution in [0, 0.1) is 29.1 Å². The average Bonchev–Trinajstić information content (AvgIpc) is 2.71. The van der Waals surface area contributed by atoms with Crippen molar-refractivity contribution in [2.24, 2.45) is 29.1 Å². The first-order valence-corrected chi connectivity index (χ1v) is 13.1. The number of unbranched alkanes of at least 4 members (excludes halogenated alkanes) is 3. The Labute approximate surface area is 196 Å². The summed E-state index contributed by atoms with van der Waals surface area (Å²) in [6.45, 7) is 5.27. The lowest BCUT2D eigenvalue weighted by Crippen LogP contribution is -2.46. The molecule has 4 rings (SSSR count). The van der Waals surface area contributed by atoms with Gasteiger partial charge in [-0.2, -0.15) is 0 Å². The Balaban J connectivity index is 0.00000341. The fraction of sp³-hybridized carbons (Fsp3) is 0.962. The molecule has 4 saturated carbocycles. The monoisotopic (exact) mass is 457 g/mol. The summed E-state index contributed by atoms with van der Waals surface area (Å²) >= 11 is 5.66. The Morgan fingerprint density at radius 1 is 0.935 bits per heavy atom. The SMILES string of the molecule is C.C[C@H](CCC12CC3CC(CC(C3)C1)C2)C(=O)NCCOCCOCCCCCCCl. The quantitative estimate of drug-likeness (QED) is 0.221. The van der Waals surface area contributed by atoms with Crippen LogP contribution in [0.1, 0.15) is 91.4 Å². The third-order valence-corrected chi connectivity index (χ3v) is 8.08. The highest BCUT2D eigenvalue weighted by Crippen LogP contribution is 2.61. The fourth-order valence-corrected chi connectivity index (χ4v) is 6.83. The molecule has 0 saturated heterocycles. The summed E-state index contributed by atoms with van der Waals surface area (Å²) in [4.78, 5) is 12.4. The molecule has 4 fully saturated rings. The predicted octanol–water partition coefficient (Wildman–Crippen LogP) is 6.20. The Morgan fingerprint density at radius 3 is 2.13 bits per heavy atom. The number of hydrogen-bond acceptors (Lipinski definition) is 3. The first-order valence-electron chi connectivity index (χ1n) is 12.6. The van der Waals surface area contributed by atoms with Gasteiger partial charge in [-0.1, -0.05) is 27.2 Å². The maximum absolute atomic E-state index is 12.4. The molecule has 0 aromatic heterocycles. The number of nitrogens with one attached hydrogen (secondary N) is 1. The van der Waals surface area contributed by atoms with Crippen molar-refractivity contribution < 1.29 is 14.3 Å². The fourth-order valence-electron chi connectivity index (χ4n) is 6.64. The largest absolute Gasteiger partial charge is 0.379 e. The van der Waals surface area contributed by atoms with Gasteiger partial charge in [0.2, 0.25) is 5.91 Å². The third kappa shape index (κ3) is 8.85. The molecular weight excluding hydrogens is 410 g/mol. The maximum Gasteiger partial charge on any atom is 0.222 e. The molecule has 1 atom stereocenters. The highest BCUT2D eigenvalue weighted by atomic mass is 35.5. The second-order valence-electron chi connectivity index (χ2n) is 10.5. The summed E-state index contributed by atoms with van der Waals surface area (Å²) in [5.41, 5.74) is 0.580. The van der Waals surface area contributed by atoms with E-state index in [2.05, 4.69) is 12.2 Å². The standard InChI is InChI=1S/C25H44ClNO3.CH4/c1-20(6-7-25-17-21-14-22(18-25)16-23(15-21)19-25)24(28)27-9-11-30-13-12-29-10-5-3-2-4-8-26;/h20-23H,2-19H2,1H3,(H,27,28);1H4/t20-,21?,22?,23?,25?;/m1./s1. The zero-order valence-corrected chi connectivity index (χ0v) is 19.9. The molecule has 0 unspecified atom stereocenters. The van der Waals surface area contributed by atoms with Gasteiger partial charge in [-0.25, -0.2) is 0 Å². The van der Waals surface area contributed by atoms with Crippen LogP contribution < -0.4 is 5.32 Å². The van der Waals surface area contributed by atoms with Crippen molar-refractivity contribution in [1.82, 2.24) is 5.32 Å². The van der Waals surface area contributed by atoms with E-state index < -0.39 is 0 Å². The van der Waals surface area contributed by atoms with E-state index in [1.165, 1.54) is 57.8 Å². The summed E-state index contributed by atoms with van der Waals surface area (Å²) in [7, 11) is 0. The second-order valence-corrected chi connectivity index (χ2v) is 10.9. The van der Waals surface area contributed by atoms with Crippen LogP contribution in [0.2, 0.25) is 0 Å². The lowest BCUT2D eigenvalue weighted by molar-refractivity contribution is -0.125. The molecule has 0 spiro atoms. The Morgan fingerprint density at radius 2 is 1.52 bits per heavy atom. The van der Waals surface area contributed by atoms with Gasteiger partial charge in [-0.15, -0.1) is 11.6 Å². The van der Waals surface area contributed by atoms with E-state index in [4.69, 9.17) is 21.1 Å². The first kappa shape index (κ1) is 26.9. The van der Waals surface area contributed by atoms with Crippen LogP contribution in [0.25, 0.3) is 0 Å². The zero-order chi connectivity index (χ0) is 21.2. The molecule has 5 heteroatoms. The number of halogens is 1. The van der Waals surface area contributed by atoms with Crippen LogP contribution in [-0.2, 0) is 14.3 Å². The number of alkyl halides is 1. The minimum atomic E-state index is 0. The van der Waals surface area contributed by atoms with E-state index in [1.54, 1.807) is 0 Å². The molecule has 0 heterocycles. The van der Waals surface area contributed by atoms with Crippen molar-refractivity contribution in [1.29, 1.82) is 0 Å². The smallest absolute Gasteiger partial charge is 0.222 e. The molecule has 4 aliphatic rings. The lowest BCUT2D eigenvalue weighted by atomic mass is 9.48. The molecule has 31 heavy (non-hydrogen) atoms. The second kappa shape index (κ2) is 14.1. The van der Waals surface area contributed by atoms with Crippen molar-refractivity contribution in [2.45, 2.75) is 91.4 Å². The van der Waals surface area contributed by atoms with E-state index in [0.717, 1.165) is 49.5 Å². The van der Waals surface area contributed by atoms with E-state index >= 15 is 0 Å². The molecule has 4 bridgehead atoms. The molecule has 1 amide bonds. The summed E-state index contributed by atoms with van der Waals surface area (Å²) in [6.07, 6.45) is 15.7. The molecule has 0 radical (unpaired) electrons. The summed E-state index contributed by atoms with van der Waals surface area (Å²) in [5.74, 6) is 4.05. The third-order valence-electron chi connectivity index (χ3n) is 7.81. The number of ether oxygens (including phenoxy) is 2. The molecule has 0 aliphatic heterocycles. The Bertz CT molecular complexity index is 478. The van der Waals surface area contributed by atoms with Crippen LogP contribution in [0.4, 0.5) is 0 Å². The number of carbonyl (C=O) groups is 1. The molecular formula is C26H48ClNO3. The minimum absolute atomic E-state index is 0. The van der Waals surface area contributed by atoms with Crippen molar-refractivity contribution in [3.63, 3.8) is 0 Å². The van der Waals surface area contributed by atoms with Crippen LogP contribution in [-0.4, -0.2) is 44.8 Å². The Hall–Kier alpha value is -0.320. The highest BCUT2D eigenvalue weighted by Gasteiger charge is 2.50. The minimum Gasteiger partial charge on any atom is -0.379 e. The van der Waals surface area contributed by atoms with Crippen LogP contribution in [0.5, 0.6) is 0 Å². The number of carbonyl (C=O) groups excluding carboxylic acids is 1. The van der Waals surface area contributed by atoms with E-state index in [-0.39, 0.29) is 19.3 Å². The summed E-state index contributed by atoms with van der Waals surface area (Å²) in [5, 5.41) is 3.06. The molecule has 4 aliphatic carbocycles. The molecule has 0 aromatic carbocycles. The van der Waals surface area contributed by atoms with E-state index in [9.17, 15) is 4.79 Å². The molecule has 4 nitrogen and oxygen atoms in total. The van der Waals surface area contributed by atoms with Crippen molar-refractivity contribution in [3.8, 4) is 0 Å². The van der Waals surface area contributed by atoms with Crippen LogP contribution in [0.15, 0.2) is 0 Å². The van der Waals surface area contributed by atoms with Gasteiger partial charge < -0.3 is 14.8 Å². The summed E-state index contributed by atoms with van der Waals surface area (Å²) < 4.78 is 11.1. The zero-order valence-electron chi connectivity index (χ0n) is 19.1. The normalized spacial score (nSPS) is 29.5. The summed E-state index contributed by atoms with van der Waals surface area (Å²) in [6, 6.07) is 0. The number of hydrogen-bond donors (Lipinski definition) is 1. The van der Waals surface area contributed by atoms with E-state index in [0.29, 0.717) is 31.8 Å². The maximum atomic E-state index is 12.4. The first-order chi connectivity index (χ1) is 14.6. The van der Waals surface area contributed by atoms with Gasteiger partial charge in [-0.05, 0) is 87.4 Å². The van der Waals surface area contributed by atoms with Crippen molar-refractivity contribution in [2.75, 3.05) is 38.9 Å². The van der Waals surface area contributed by atoms with Gasteiger partial charge in [0, 0.05) is 24.9 Å². The van der Waals surface area contributed by atoms with Gasteiger partial charge in [0.25, 0.3) is 0 Å². The molecule has 0 aromatic rings. The molecule has 182 valence electrons. The van der Waals surface area contributed by atoms with E-state index in [1.807, 2.05) is 0 Å². The molecule has 1 N–H and O–H groups in total. The topological polar surface area (TPSA) is 47.6 Å². The predicted molar refractivity (Wildman–Crippen MR) is 130 cm³/mol. The Kier molecular flexibility index (Phi) is 12.2. The number of amides is 1. The van der Waals surface area contributed by atoms with Gasteiger partial charge in [0.05, 0.1) is 19.8 Å². The van der Waals surface area contributed by atoms with Crippen molar-refractivity contribution in [3.05, 3.63) is 0 Å². The van der Waals surface area contributed by atoms with Gasteiger partial charge in [-0.3, -0.25) is 4.79 Å². The van der Waals surface area contributed by atoms with Gasteiger partial charge in [0.15, 0.2) is 0 Å². The average molecular weight is 458 g/mol.